The number of nitrogens with zero attached hydrogens (tertiary/aromatic N) is 3. The highest BCUT2D eigenvalue weighted by atomic mass is 32.2. The number of ether oxygens (including phenoxy) is 1. The summed E-state index contributed by atoms with van der Waals surface area (Å²) in [7, 11) is -3.23. The van der Waals surface area contributed by atoms with Crippen molar-refractivity contribution in [2.24, 2.45) is 5.41 Å². The number of hydrogen-bond donors (Lipinski definition) is 1. The molecular weight excluding hydrogens is 304 g/mol. The summed E-state index contributed by atoms with van der Waals surface area (Å²) in [6, 6.07) is 1.66. The van der Waals surface area contributed by atoms with Crippen LogP contribution in [-0.2, 0) is 14.8 Å². The van der Waals surface area contributed by atoms with Crippen LogP contribution in [0.3, 0.4) is 0 Å². The molecule has 2 aliphatic rings. The van der Waals surface area contributed by atoms with E-state index in [0.717, 1.165) is 38.3 Å². The van der Waals surface area contributed by atoms with Crippen LogP contribution < -0.4 is 9.62 Å². The third-order valence-corrected chi connectivity index (χ3v) is 5.43. The Kier molecular flexibility index (Phi) is 4.33. The van der Waals surface area contributed by atoms with E-state index in [-0.39, 0.29) is 11.5 Å². The second-order valence-electron chi connectivity index (χ2n) is 6.17. The Morgan fingerprint density at radius 2 is 1.95 bits per heavy atom. The number of rotatable bonds is 3. The lowest BCUT2D eigenvalue weighted by molar-refractivity contribution is -0.0233. The lowest BCUT2D eigenvalue weighted by atomic mass is 9.69. The van der Waals surface area contributed by atoms with Crippen LogP contribution in [-0.4, -0.2) is 57.0 Å². The summed E-state index contributed by atoms with van der Waals surface area (Å²) in [6.45, 7) is 2.83. The Morgan fingerprint density at radius 3 is 2.59 bits per heavy atom. The topological polar surface area (TPSA) is 84.4 Å². The molecular formula is C14H22N4O3S. The predicted molar refractivity (Wildman–Crippen MR) is 83.1 cm³/mol. The average molecular weight is 326 g/mol. The van der Waals surface area contributed by atoms with Gasteiger partial charge in [0.1, 0.15) is 0 Å². The molecule has 1 N–H and O–H groups in total. The second-order valence-corrected chi connectivity index (χ2v) is 7.95. The Hall–Kier alpha value is -1.25. The zero-order valence-electron chi connectivity index (χ0n) is 12.7. The Morgan fingerprint density at radius 1 is 1.27 bits per heavy atom. The maximum atomic E-state index is 11.6. The molecule has 0 aromatic carbocycles. The van der Waals surface area contributed by atoms with Crippen molar-refractivity contribution in [2.75, 3.05) is 37.5 Å². The maximum absolute atomic E-state index is 11.6. The fourth-order valence-electron chi connectivity index (χ4n) is 3.45. The minimum atomic E-state index is -3.23. The summed E-state index contributed by atoms with van der Waals surface area (Å²) < 4.78 is 31.5. The van der Waals surface area contributed by atoms with Crippen LogP contribution in [0.15, 0.2) is 18.5 Å². The Balaban J connectivity index is 1.71. The summed E-state index contributed by atoms with van der Waals surface area (Å²) in [6.07, 6.45) is 7.43. The van der Waals surface area contributed by atoms with E-state index < -0.39 is 10.0 Å². The molecule has 0 amide bonds. The van der Waals surface area contributed by atoms with Gasteiger partial charge in [-0.3, -0.25) is 0 Å². The van der Waals surface area contributed by atoms with Crippen LogP contribution in [0.2, 0.25) is 0 Å². The smallest absolute Gasteiger partial charge is 0.225 e. The van der Waals surface area contributed by atoms with E-state index in [1.165, 1.54) is 6.26 Å². The molecule has 2 aliphatic heterocycles. The van der Waals surface area contributed by atoms with Crippen molar-refractivity contribution in [3.63, 3.8) is 0 Å². The third-order valence-electron chi connectivity index (χ3n) is 4.72. The number of anilines is 1. The summed E-state index contributed by atoms with van der Waals surface area (Å²) >= 11 is 0. The van der Waals surface area contributed by atoms with Crippen LogP contribution in [0.1, 0.15) is 19.3 Å². The SMILES string of the molecule is CS(=O)(=O)NC1COCCC12CCN(c1ncccn1)CC2. The van der Waals surface area contributed by atoms with E-state index in [4.69, 9.17) is 4.74 Å². The number of aromatic nitrogens is 2. The highest BCUT2D eigenvalue weighted by Crippen LogP contribution is 2.41. The van der Waals surface area contributed by atoms with Crippen molar-refractivity contribution in [3.05, 3.63) is 18.5 Å². The van der Waals surface area contributed by atoms with E-state index in [1.807, 2.05) is 0 Å². The molecule has 122 valence electrons. The van der Waals surface area contributed by atoms with Gasteiger partial charge in [-0.1, -0.05) is 0 Å². The first kappa shape index (κ1) is 15.6. The molecule has 2 fully saturated rings. The van der Waals surface area contributed by atoms with Crippen LogP contribution in [0.5, 0.6) is 0 Å². The van der Waals surface area contributed by atoms with Crippen molar-refractivity contribution in [2.45, 2.75) is 25.3 Å². The van der Waals surface area contributed by atoms with Gasteiger partial charge in [-0.05, 0) is 30.7 Å². The quantitative estimate of drug-likeness (QED) is 0.865. The maximum Gasteiger partial charge on any atom is 0.225 e. The lowest BCUT2D eigenvalue weighted by Crippen LogP contribution is -2.57. The van der Waals surface area contributed by atoms with Gasteiger partial charge in [0.05, 0.1) is 18.9 Å². The zero-order chi connectivity index (χ0) is 15.6. The minimum Gasteiger partial charge on any atom is -0.380 e. The fourth-order valence-corrected chi connectivity index (χ4v) is 4.28. The zero-order valence-corrected chi connectivity index (χ0v) is 13.6. The van der Waals surface area contributed by atoms with Gasteiger partial charge < -0.3 is 9.64 Å². The molecule has 1 atom stereocenters. The van der Waals surface area contributed by atoms with Crippen molar-refractivity contribution in [3.8, 4) is 0 Å². The molecule has 3 heterocycles. The van der Waals surface area contributed by atoms with Gasteiger partial charge in [-0.2, -0.15) is 0 Å². The van der Waals surface area contributed by atoms with Crippen molar-refractivity contribution in [1.29, 1.82) is 0 Å². The number of hydrogen-bond acceptors (Lipinski definition) is 6. The van der Waals surface area contributed by atoms with E-state index in [9.17, 15) is 8.42 Å². The van der Waals surface area contributed by atoms with E-state index in [1.54, 1.807) is 18.5 Å². The van der Waals surface area contributed by atoms with Gasteiger partial charge in [0.2, 0.25) is 16.0 Å². The first-order valence-corrected chi connectivity index (χ1v) is 9.45. The monoisotopic (exact) mass is 326 g/mol. The van der Waals surface area contributed by atoms with Crippen LogP contribution >= 0.6 is 0 Å². The first-order valence-electron chi connectivity index (χ1n) is 7.56. The minimum absolute atomic E-state index is 0.0212. The number of nitrogens with one attached hydrogen (secondary N) is 1. The molecule has 2 saturated heterocycles. The number of piperidine rings is 1. The van der Waals surface area contributed by atoms with Crippen LogP contribution in [0, 0.1) is 5.41 Å². The molecule has 0 saturated carbocycles. The van der Waals surface area contributed by atoms with Gasteiger partial charge in [0.15, 0.2) is 0 Å². The van der Waals surface area contributed by atoms with Gasteiger partial charge in [-0.25, -0.2) is 23.1 Å². The Bertz CT molecular complexity index is 600. The molecule has 1 spiro atoms. The standard InChI is InChI=1S/C14H22N4O3S/c1-22(19,20)17-12-11-21-10-5-14(12)3-8-18(9-4-14)13-15-6-2-7-16-13/h2,6-7,12,17H,3-5,8-11H2,1H3. The van der Waals surface area contributed by atoms with E-state index in [0.29, 0.717) is 13.2 Å². The molecule has 1 aromatic rings. The molecule has 7 nitrogen and oxygen atoms in total. The first-order chi connectivity index (χ1) is 10.5. The molecule has 8 heteroatoms. The van der Waals surface area contributed by atoms with Crippen LogP contribution in [0.25, 0.3) is 0 Å². The second kappa shape index (κ2) is 6.10. The van der Waals surface area contributed by atoms with Crippen LogP contribution in [0.4, 0.5) is 5.95 Å². The molecule has 3 rings (SSSR count). The van der Waals surface area contributed by atoms with Crippen molar-refractivity contribution in [1.82, 2.24) is 14.7 Å². The normalized spacial score (nSPS) is 25.3. The van der Waals surface area contributed by atoms with Crippen molar-refractivity contribution >= 4 is 16.0 Å². The fraction of sp³-hybridized carbons (Fsp3) is 0.714. The van der Waals surface area contributed by atoms with Crippen molar-refractivity contribution < 1.29 is 13.2 Å². The Labute approximate surface area is 131 Å². The molecule has 1 aromatic heterocycles. The predicted octanol–water partition coefficient (Wildman–Crippen LogP) is 0.401. The van der Waals surface area contributed by atoms with Gasteiger partial charge >= 0.3 is 0 Å². The summed E-state index contributed by atoms with van der Waals surface area (Å²) in [5, 5.41) is 0. The molecule has 22 heavy (non-hydrogen) atoms. The lowest BCUT2D eigenvalue weighted by Gasteiger charge is -2.48. The van der Waals surface area contributed by atoms with Gasteiger partial charge in [0.25, 0.3) is 0 Å². The van der Waals surface area contributed by atoms with Gasteiger partial charge in [0, 0.05) is 32.1 Å². The highest BCUT2D eigenvalue weighted by Gasteiger charge is 2.44. The summed E-state index contributed by atoms with van der Waals surface area (Å²) in [5.41, 5.74) is -0.0212. The summed E-state index contributed by atoms with van der Waals surface area (Å²) in [4.78, 5) is 10.8. The number of sulfonamides is 1. The van der Waals surface area contributed by atoms with Gasteiger partial charge in [-0.15, -0.1) is 0 Å². The molecule has 0 bridgehead atoms. The summed E-state index contributed by atoms with van der Waals surface area (Å²) in [5.74, 6) is 0.747. The largest absolute Gasteiger partial charge is 0.380 e. The third kappa shape index (κ3) is 3.39. The highest BCUT2D eigenvalue weighted by molar-refractivity contribution is 7.88. The molecule has 1 unspecified atom stereocenters. The van der Waals surface area contributed by atoms with E-state index >= 15 is 0 Å². The van der Waals surface area contributed by atoms with E-state index in [2.05, 4.69) is 19.6 Å². The molecule has 0 aliphatic carbocycles. The molecule has 0 radical (unpaired) electrons. The average Bonchev–Trinajstić information content (AvgIpc) is 2.50.